The Morgan fingerprint density at radius 3 is 2.57 bits per heavy atom. The van der Waals surface area contributed by atoms with Crippen molar-refractivity contribution in [2.75, 3.05) is 12.4 Å². The van der Waals surface area contributed by atoms with Gasteiger partial charge in [-0.1, -0.05) is 37.3 Å². The summed E-state index contributed by atoms with van der Waals surface area (Å²) in [6.07, 6.45) is 0.174. The number of nitrogens with zero attached hydrogens (tertiary/aromatic N) is 1. The number of fused-ring (bicyclic) bond motifs is 1. The van der Waals surface area contributed by atoms with E-state index >= 15 is 0 Å². The van der Waals surface area contributed by atoms with Gasteiger partial charge >= 0.3 is 0 Å². The molecule has 0 saturated heterocycles. The van der Waals surface area contributed by atoms with Crippen LogP contribution < -0.4 is 10.5 Å². The van der Waals surface area contributed by atoms with Crippen molar-refractivity contribution in [3.8, 4) is 17.0 Å². The summed E-state index contributed by atoms with van der Waals surface area (Å²) in [5.41, 5.74) is 9.00. The predicted octanol–water partition coefficient (Wildman–Crippen LogP) is 4.61. The van der Waals surface area contributed by atoms with Gasteiger partial charge in [0.1, 0.15) is 24.0 Å². The van der Waals surface area contributed by atoms with Crippen LogP contribution in [0.25, 0.3) is 22.2 Å². The summed E-state index contributed by atoms with van der Waals surface area (Å²) in [4.78, 5) is 4.71. The minimum Gasteiger partial charge on any atom is -0.485 e. The summed E-state index contributed by atoms with van der Waals surface area (Å²) in [5.74, 6) is 0.615. The van der Waals surface area contributed by atoms with Crippen molar-refractivity contribution in [2.24, 2.45) is 0 Å². The zero-order valence-electron chi connectivity index (χ0n) is 13.0. The van der Waals surface area contributed by atoms with Crippen LogP contribution in [0.5, 0.6) is 5.75 Å². The number of benzene rings is 2. The molecule has 118 valence electrons. The van der Waals surface area contributed by atoms with Crippen LogP contribution in [0.1, 0.15) is 13.3 Å². The van der Waals surface area contributed by atoms with Crippen molar-refractivity contribution in [3.63, 3.8) is 0 Å². The molecule has 4 heteroatoms. The van der Waals surface area contributed by atoms with Gasteiger partial charge in [-0.15, -0.1) is 0 Å². The fourth-order valence-electron chi connectivity index (χ4n) is 2.43. The SMILES string of the molecule is CCC(CF)Oc1cccc2ccc(-c3ccc(N)cc3)nc12. The number of halogens is 1. The molecule has 3 rings (SSSR count). The maximum absolute atomic E-state index is 13.0. The summed E-state index contributed by atoms with van der Waals surface area (Å²) in [5, 5.41) is 0.968. The number of para-hydroxylation sites is 1. The Morgan fingerprint density at radius 2 is 1.87 bits per heavy atom. The normalized spacial score (nSPS) is 12.3. The lowest BCUT2D eigenvalue weighted by Gasteiger charge is -2.15. The van der Waals surface area contributed by atoms with Gasteiger partial charge in [0, 0.05) is 16.6 Å². The van der Waals surface area contributed by atoms with Crippen molar-refractivity contribution in [1.82, 2.24) is 4.98 Å². The van der Waals surface area contributed by atoms with Gasteiger partial charge in [-0.05, 0) is 30.7 Å². The maximum atomic E-state index is 13.0. The van der Waals surface area contributed by atoms with Gasteiger partial charge in [-0.2, -0.15) is 0 Å². The number of pyridine rings is 1. The van der Waals surface area contributed by atoms with Gasteiger partial charge in [-0.3, -0.25) is 0 Å². The Bertz CT molecular complexity index is 798. The van der Waals surface area contributed by atoms with Crippen LogP contribution >= 0.6 is 0 Å². The molecule has 3 aromatic rings. The molecular formula is C19H19FN2O. The lowest BCUT2D eigenvalue weighted by atomic mass is 10.1. The summed E-state index contributed by atoms with van der Waals surface area (Å²) in [7, 11) is 0. The van der Waals surface area contributed by atoms with Gasteiger partial charge < -0.3 is 10.5 Å². The molecule has 0 saturated carbocycles. The van der Waals surface area contributed by atoms with E-state index in [0.717, 1.165) is 22.2 Å². The van der Waals surface area contributed by atoms with E-state index in [4.69, 9.17) is 15.5 Å². The first-order valence-electron chi connectivity index (χ1n) is 7.69. The minimum absolute atomic E-state index is 0.442. The molecule has 0 amide bonds. The first-order chi connectivity index (χ1) is 11.2. The number of aromatic nitrogens is 1. The monoisotopic (exact) mass is 310 g/mol. The molecule has 0 fully saturated rings. The average Bonchev–Trinajstić information content (AvgIpc) is 2.60. The van der Waals surface area contributed by atoms with Crippen molar-refractivity contribution < 1.29 is 9.13 Å². The van der Waals surface area contributed by atoms with Crippen LogP contribution in [0.4, 0.5) is 10.1 Å². The molecule has 0 bridgehead atoms. The molecule has 2 aromatic carbocycles. The standard InChI is InChI=1S/C19H19FN2O/c1-2-16(12-20)23-18-5-3-4-14-8-11-17(22-19(14)18)13-6-9-15(21)10-7-13/h3-11,16H,2,12,21H2,1H3. The average molecular weight is 310 g/mol. The quantitative estimate of drug-likeness (QED) is 0.700. The Labute approximate surface area is 134 Å². The third kappa shape index (κ3) is 3.26. The molecule has 3 nitrogen and oxygen atoms in total. The first-order valence-corrected chi connectivity index (χ1v) is 7.69. The van der Waals surface area contributed by atoms with Crippen LogP contribution in [0.15, 0.2) is 54.6 Å². The largest absolute Gasteiger partial charge is 0.485 e. The topological polar surface area (TPSA) is 48.1 Å². The molecule has 0 aliphatic carbocycles. The highest BCUT2D eigenvalue weighted by Crippen LogP contribution is 2.28. The smallest absolute Gasteiger partial charge is 0.146 e. The van der Waals surface area contributed by atoms with Crippen LogP contribution in [-0.4, -0.2) is 17.8 Å². The minimum atomic E-state index is -0.509. The third-order valence-electron chi connectivity index (χ3n) is 3.81. The third-order valence-corrected chi connectivity index (χ3v) is 3.81. The van der Waals surface area contributed by atoms with Crippen molar-refractivity contribution in [3.05, 3.63) is 54.6 Å². The zero-order valence-corrected chi connectivity index (χ0v) is 13.0. The second kappa shape index (κ2) is 6.65. The molecular weight excluding hydrogens is 291 g/mol. The fraction of sp³-hybridized carbons (Fsp3) is 0.211. The van der Waals surface area contributed by atoms with E-state index in [9.17, 15) is 4.39 Å². The Hall–Kier alpha value is -2.62. The Morgan fingerprint density at radius 1 is 1.09 bits per heavy atom. The molecule has 0 aliphatic heterocycles. The number of hydrogen-bond donors (Lipinski definition) is 1. The molecule has 0 radical (unpaired) electrons. The Balaban J connectivity index is 2.05. The molecule has 23 heavy (non-hydrogen) atoms. The summed E-state index contributed by atoms with van der Waals surface area (Å²) < 4.78 is 18.7. The highest BCUT2D eigenvalue weighted by Gasteiger charge is 2.11. The Kier molecular flexibility index (Phi) is 4.42. The number of nitrogens with two attached hydrogens (primary N) is 1. The lowest BCUT2D eigenvalue weighted by Crippen LogP contribution is -2.17. The second-order valence-corrected chi connectivity index (χ2v) is 5.45. The van der Waals surface area contributed by atoms with Crippen molar-refractivity contribution >= 4 is 16.6 Å². The van der Waals surface area contributed by atoms with E-state index in [0.29, 0.717) is 17.9 Å². The number of hydrogen-bond acceptors (Lipinski definition) is 3. The van der Waals surface area contributed by atoms with Crippen LogP contribution in [-0.2, 0) is 0 Å². The van der Waals surface area contributed by atoms with Gasteiger partial charge in [0.25, 0.3) is 0 Å². The van der Waals surface area contributed by atoms with Crippen LogP contribution in [0.3, 0.4) is 0 Å². The van der Waals surface area contributed by atoms with E-state index in [-0.39, 0.29) is 0 Å². The number of ether oxygens (including phenoxy) is 1. The molecule has 0 spiro atoms. The molecule has 0 aliphatic rings. The maximum Gasteiger partial charge on any atom is 0.146 e. The molecule has 1 aromatic heterocycles. The zero-order chi connectivity index (χ0) is 16.2. The number of alkyl halides is 1. The summed E-state index contributed by atoms with van der Waals surface area (Å²) in [6.45, 7) is 1.40. The molecule has 2 N–H and O–H groups in total. The highest BCUT2D eigenvalue weighted by atomic mass is 19.1. The van der Waals surface area contributed by atoms with Gasteiger partial charge in [0.2, 0.25) is 0 Å². The van der Waals surface area contributed by atoms with Crippen molar-refractivity contribution in [2.45, 2.75) is 19.4 Å². The van der Waals surface area contributed by atoms with Crippen LogP contribution in [0.2, 0.25) is 0 Å². The second-order valence-electron chi connectivity index (χ2n) is 5.45. The number of rotatable bonds is 5. The van der Waals surface area contributed by atoms with Gasteiger partial charge in [0.05, 0.1) is 5.69 Å². The molecule has 1 unspecified atom stereocenters. The predicted molar refractivity (Wildman–Crippen MR) is 92.3 cm³/mol. The van der Waals surface area contributed by atoms with E-state index < -0.39 is 12.8 Å². The van der Waals surface area contributed by atoms with E-state index in [1.165, 1.54) is 0 Å². The van der Waals surface area contributed by atoms with Gasteiger partial charge in [0.15, 0.2) is 0 Å². The van der Waals surface area contributed by atoms with E-state index in [1.807, 2.05) is 61.5 Å². The summed E-state index contributed by atoms with van der Waals surface area (Å²) >= 11 is 0. The highest BCUT2D eigenvalue weighted by molar-refractivity contribution is 5.86. The van der Waals surface area contributed by atoms with Gasteiger partial charge in [-0.25, -0.2) is 9.37 Å². The van der Waals surface area contributed by atoms with E-state index in [1.54, 1.807) is 0 Å². The summed E-state index contributed by atoms with van der Waals surface area (Å²) in [6, 6.07) is 17.2. The first kappa shape index (κ1) is 15.3. The molecule has 1 heterocycles. The lowest BCUT2D eigenvalue weighted by molar-refractivity contribution is 0.162. The van der Waals surface area contributed by atoms with Crippen LogP contribution in [0, 0.1) is 0 Å². The fourth-order valence-corrected chi connectivity index (χ4v) is 2.43. The van der Waals surface area contributed by atoms with Crippen molar-refractivity contribution in [1.29, 1.82) is 0 Å². The molecule has 1 atom stereocenters. The number of anilines is 1. The van der Waals surface area contributed by atoms with E-state index in [2.05, 4.69) is 0 Å². The number of nitrogen functional groups attached to an aromatic ring is 1.